The van der Waals surface area contributed by atoms with Crippen molar-refractivity contribution in [2.45, 2.75) is 19.8 Å². The molecule has 0 radical (unpaired) electrons. The molecule has 0 heterocycles. The lowest BCUT2D eigenvalue weighted by molar-refractivity contribution is 0.896. The van der Waals surface area contributed by atoms with Gasteiger partial charge < -0.3 is 0 Å². The van der Waals surface area contributed by atoms with E-state index in [2.05, 4.69) is 79.1 Å². The van der Waals surface area contributed by atoms with Gasteiger partial charge in [0.2, 0.25) is 0 Å². The predicted octanol–water partition coefficient (Wildman–Crippen LogP) is 8.03. The summed E-state index contributed by atoms with van der Waals surface area (Å²) in [7, 11) is 0. The fraction of sp³-hybridized carbons (Fsp3) is 0.207. The van der Waals surface area contributed by atoms with Gasteiger partial charge >= 0.3 is 0 Å². The van der Waals surface area contributed by atoms with Gasteiger partial charge in [0.05, 0.1) is 10.5 Å². The lowest BCUT2D eigenvalue weighted by Crippen LogP contribution is -1.89. The van der Waals surface area contributed by atoms with Crippen molar-refractivity contribution in [1.29, 1.82) is 0 Å². The van der Waals surface area contributed by atoms with E-state index in [9.17, 15) is 0 Å². The zero-order valence-electron chi connectivity index (χ0n) is 18.0. The first-order valence-corrected chi connectivity index (χ1v) is 12.9. The molecule has 0 spiro atoms. The molecule has 0 unspecified atom stereocenters. The average molecular weight is 441 g/mol. The van der Waals surface area contributed by atoms with Gasteiger partial charge in [0.1, 0.15) is 0 Å². The van der Waals surface area contributed by atoms with Gasteiger partial charge in [-0.05, 0) is 35.4 Å². The molecule has 0 saturated heterocycles. The molecule has 3 aromatic carbocycles. The molecule has 0 atom stereocenters. The van der Waals surface area contributed by atoms with Crippen LogP contribution >= 0.6 is 23.5 Å². The van der Waals surface area contributed by atoms with Crippen LogP contribution in [-0.4, -0.2) is 17.3 Å². The molecule has 0 aliphatic carbocycles. The maximum atomic E-state index is 3.67. The van der Waals surface area contributed by atoms with Crippen LogP contribution in [0, 0.1) is 11.8 Å². The van der Waals surface area contributed by atoms with Gasteiger partial charge in [-0.2, -0.15) is 11.8 Å². The van der Waals surface area contributed by atoms with Crippen LogP contribution in [0.2, 0.25) is 0 Å². The van der Waals surface area contributed by atoms with Crippen molar-refractivity contribution in [1.82, 2.24) is 0 Å². The molecule has 0 fully saturated rings. The number of hydrogen-bond donors (Lipinski definition) is 0. The first-order valence-electron chi connectivity index (χ1n) is 10.8. The summed E-state index contributed by atoms with van der Waals surface area (Å²) in [5, 5.41) is 0. The smallest absolute Gasteiger partial charge is 0.0751 e. The molecule has 3 rings (SSSR count). The predicted molar refractivity (Wildman–Crippen MR) is 141 cm³/mol. The Kier molecular flexibility index (Phi) is 10.2. The molecule has 0 N–H and O–H groups in total. The molecule has 0 nitrogen and oxygen atoms in total. The van der Waals surface area contributed by atoms with E-state index in [1.54, 1.807) is 0 Å². The fourth-order valence-electron chi connectivity index (χ4n) is 2.88. The zero-order valence-corrected chi connectivity index (χ0v) is 19.6. The first-order chi connectivity index (χ1) is 15.4. The summed E-state index contributed by atoms with van der Waals surface area (Å²) in [6.07, 6.45) is 2.56. The standard InChI is InChI=1S/C29H28S2/c1-2-3-21-30-22-23-31-29(27-17-11-6-12-18-27)24-28(26-15-9-5-10-16-26)20-19-25-13-7-4-8-14-25/h4-18H,2-3,21-23H2,1H3. The second-order valence-electron chi connectivity index (χ2n) is 6.99. The van der Waals surface area contributed by atoms with Crippen LogP contribution in [0.5, 0.6) is 0 Å². The van der Waals surface area contributed by atoms with Crippen LogP contribution < -0.4 is 0 Å². The number of unbranched alkanes of at least 4 members (excludes halogenated alkanes) is 1. The molecule has 0 aliphatic heterocycles. The van der Waals surface area contributed by atoms with E-state index in [-0.39, 0.29) is 0 Å². The largest absolute Gasteiger partial charge is 0.161 e. The van der Waals surface area contributed by atoms with Gasteiger partial charge in [-0.3, -0.25) is 0 Å². The Balaban J connectivity index is 1.96. The highest BCUT2D eigenvalue weighted by molar-refractivity contribution is 8.09. The van der Waals surface area contributed by atoms with Crippen LogP contribution in [0.25, 0.3) is 10.5 Å². The Morgan fingerprint density at radius 2 is 1.32 bits per heavy atom. The Morgan fingerprint density at radius 3 is 1.97 bits per heavy atom. The van der Waals surface area contributed by atoms with E-state index in [0.29, 0.717) is 0 Å². The second-order valence-corrected chi connectivity index (χ2v) is 9.32. The second kappa shape index (κ2) is 13.7. The normalized spacial score (nSPS) is 9.97. The monoisotopic (exact) mass is 440 g/mol. The molecule has 31 heavy (non-hydrogen) atoms. The highest BCUT2D eigenvalue weighted by atomic mass is 32.2. The molecule has 0 bridgehead atoms. The number of benzene rings is 3. The Hall–Kier alpha value is -2.56. The summed E-state index contributed by atoms with van der Waals surface area (Å²) < 4.78 is 0. The SMILES string of the molecule is CCCCSCCSC(=C=C(C#Cc1ccccc1)c1ccccc1)c1ccccc1. The van der Waals surface area contributed by atoms with Crippen molar-refractivity contribution in [2.24, 2.45) is 0 Å². The van der Waals surface area contributed by atoms with Crippen molar-refractivity contribution >= 4 is 34.0 Å². The van der Waals surface area contributed by atoms with E-state index in [1.807, 2.05) is 59.9 Å². The van der Waals surface area contributed by atoms with Crippen molar-refractivity contribution in [2.75, 3.05) is 17.3 Å². The number of rotatable bonds is 9. The molecule has 2 heteroatoms. The van der Waals surface area contributed by atoms with Crippen LogP contribution in [0.15, 0.2) is 96.7 Å². The van der Waals surface area contributed by atoms with E-state index in [4.69, 9.17) is 0 Å². The van der Waals surface area contributed by atoms with Crippen molar-refractivity contribution in [3.05, 3.63) is 113 Å². The molecule has 3 aromatic rings. The molecular formula is C29H28S2. The maximum Gasteiger partial charge on any atom is 0.0751 e. The average Bonchev–Trinajstić information content (AvgIpc) is 2.84. The third-order valence-corrected chi connectivity index (χ3v) is 6.92. The molecule has 0 aromatic heterocycles. The van der Waals surface area contributed by atoms with Crippen molar-refractivity contribution < 1.29 is 0 Å². The van der Waals surface area contributed by atoms with Crippen LogP contribution in [0.3, 0.4) is 0 Å². The lowest BCUT2D eigenvalue weighted by Gasteiger charge is -2.06. The summed E-state index contributed by atoms with van der Waals surface area (Å²) in [4.78, 5) is 1.15. The Labute approximate surface area is 195 Å². The summed E-state index contributed by atoms with van der Waals surface area (Å²) >= 11 is 3.91. The third kappa shape index (κ3) is 8.23. The topological polar surface area (TPSA) is 0 Å². The van der Waals surface area contributed by atoms with Gasteiger partial charge in [-0.25, -0.2) is 0 Å². The van der Waals surface area contributed by atoms with E-state index >= 15 is 0 Å². The third-order valence-electron chi connectivity index (χ3n) is 4.56. The molecule has 0 aliphatic rings. The van der Waals surface area contributed by atoms with Crippen LogP contribution in [-0.2, 0) is 0 Å². The van der Waals surface area contributed by atoms with Gasteiger partial charge in [-0.1, -0.05) is 110 Å². The quantitative estimate of drug-likeness (QED) is 0.188. The summed E-state index contributed by atoms with van der Waals surface area (Å²) in [6.45, 7) is 2.25. The maximum absolute atomic E-state index is 3.67. The van der Waals surface area contributed by atoms with Gasteiger partial charge in [0, 0.05) is 17.1 Å². The minimum atomic E-state index is 0.925. The van der Waals surface area contributed by atoms with Crippen LogP contribution in [0.4, 0.5) is 0 Å². The minimum Gasteiger partial charge on any atom is -0.161 e. The zero-order chi connectivity index (χ0) is 21.6. The highest BCUT2D eigenvalue weighted by Gasteiger charge is 2.04. The number of hydrogen-bond acceptors (Lipinski definition) is 2. The summed E-state index contributed by atoms with van der Waals surface area (Å²) in [6, 6.07) is 31.1. The Morgan fingerprint density at radius 1 is 0.710 bits per heavy atom. The molecule has 0 saturated carbocycles. The van der Waals surface area contributed by atoms with Gasteiger partial charge in [0.25, 0.3) is 0 Å². The molecule has 0 amide bonds. The lowest BCUT2D eigenvalue weighted by atomic mass is 10.1. The number of thioether (sulfide) groups is 2. The first kappa shape index (κ1) is 23.1. The van der Waals surface area contributed by atoms with Gasteiger partial charge in [0.15, 0.2) is 0 Å². The Bertz CT molecular complexity index is 1040. The summed E-state index contributed by atoms with van der Waals surface area (Å²) in [5.41, 5.74) is 7.90. The van der Waals surface area contributed by atoms with E-state index in [0.717, 1.165) is 33.1 Å². The number of allylic oxidation sites excluding steroid dienone is 1. The van der Waals surface area contributed by atoms with E-state index in [1.165, 1.54) is 24.2 Å². The minimum absolute atomic E-state index is 0.925. The fourth-order valence-corrected chi connectivity index (χ4v) is 5.07. The summed E-state index contributed by atoms with van der Waals surface area (Å²) in [5.74, 6) is 10.2. The highest BCUT2D eigenvalue weighted by Crippen LogP contribution is 2.29. The van der Waals surface area contributed by atoms with E-state index < -0.39 is 0 Å². The van der Waals surface area contributed by atoms with Crippen LogP contribution in [0.1, 0.15) is 36.5 Å². The molecular weight excluding hydrogens is 412 g/mol. The van der Waals surface area contributed by atoms with Crippen molar-refractivity contribution in [3.8, 4) is 11.8 Å². The molecule has 156 valence electrons. The van der Waals surface area contributed by atoms with Crippen molar-refractivity contribution in [3.63, 3.8) is 0 Å². The van der Waals surface area contributed by atoms with Gasteiger partial charge in [-0.15, -0.1) is 11.8 Å².